The van der Waals surface area contributed by atoms with Crippen LogP contribution in [0.2, 0.25) is 0 Å². The first kappa shape index (κ1) is 33.4. The lowest BCUT2D eigenvalue weighted by Crippen LogP contribution is -2.55. The molecule has 2 aromatic carbocycles. The first-order valence-corrected chi connectivity index (χ1v) is 16.6. The van der Waals surface area contributed by atoms with E-state index in [1.165, 1.54) is 6.07 Å². The second-order valence-electron chi connectivity index (χ2n) is 12.5. The molecule has 2 aliphatic heterocycles. The van der Waals surface area contributed by atoms with Gasteiger partial charge < -0.3 is 24.9 Å². The van der Waals surface area contributed by atoms with Crippen molar-refractivity contribution in [3.63, 3.8) is 0 Å². The molecule has 3 amide bonds. The molecule has 3 atom stereocenters. The minimum Gasteiger partial charge on any atom is -0.461 e. The summed E-state index contributed by atoms with van der Waals surface area (Å²) in [7, 11) is 0. The number of hydrogen-bond acceptors (Lipinski definition) is 9. The lowest BCUT2D eigenvalue weighted by atomic mass is 9.93. The van der Waals surface area contributed by atoms with E-state index in [0.717, 1.165) is 36.8 Å². The summed E-state index contributed by atoms with van der Waals surface area (Å²) in [4.78, 5) is 61.4. The number of furan rings is 1. The largest absolute Gasteiger partial charge is 0.461 e. The Labute approximate surface area is 284 Å². The van der Waals surface area contributed by atoms with E-state index >= 15 is 0 Å². The molecule has 12 heteroatoms. The first-order valence-electron chi connectivity index (χ1n) is 16.6. The maximum absolute atomic E-state index is 14.1. The van der Waals surface area contributed by atoms with E-state index in [1.807, 2.05) is 19.1 Å². The minimum atomic E-state index is -1.30. The van der Waals surface area contributed by atoms with Gasteiger partial charge in [-0.15, -0.1) is 0 Å². The van der Waals surface area contributed by atoms with E-state index in [0.29, 0.717) is 43.0 Å². The number of rotatable bonds is 11. The highest BCUT2D eigenvalue weighted by molar-refractivity contribution is 6.07. The van der Waals surface area contributed by atoms with Crippen molar-refractivity contribution >= 4 is 45.8 Å². The molecule has 3 N–H and O–H groups in total. The van der Waals surface area contributed by atoms with Gasteiger partial charge in [0, 0.05) is 59.9 Å². The summed E-state index contributed by atoms with van der Waals surface area (Å²) in [6, 6.07) is 18.3. The molecular formula is C37H39N7O5. The van der Waals surface area contributed by atoms with Crippen LogP contribution in [0.4, 0.5) is 11.4 Å². The number of ketones is 1. The molecule has 0 radical (unpaired) electrons. The second kappa shape index (κ2) is 15.1. The molecule has 2 aliphatic rings. The number of carbonyl (C=O) groups excluding carboxylic acids is 4. The molecule has 49 heavy (non-hydrogen) atoms. The number of aryl methyl sites for hydroxylation is 1. The number of nitrogens with one attached hydrogen (secondary N) is 3. The zero-order valence-electron chi connectivity index (χ0n) is 27.4. The number of Topliss-reactive ketones (excluding diaryl/α,β-unsaturated/α-hetero) is 1. The number of nitriles is 1. The Morgan fingerprint density at radius 3 is 2.49 bits per heavy atom. The fraction of sp³-hybridized carbons (Fsp3) is 0.351. The van der Waals surface area contributed by atoms with Gasteiger partial charge in [0.15, 0.2) is 5.78 Å². The predicted molar refractivity (Wildman–Crippen MR) is 184 cm³/mol. The molecule has 2 aromatic heterocycles. The number of carbonyl (C=O) groups is 4. The Hall–Kier alpha value is -5.54. The van der Waals surface area contributed by atoms with Crippen LogP contribution in [0.3, 0.4) is 0 Å². The summed E-state index contributed by atoms with van der Waals surface area (Å²) in [5.74, 6) is -1.80. The minimum absolute atomic E-state index is 0.000571. The van der Waals surface area contributed by atoms with Crippen LogP contribution in [0.15, 0.2) is 77.5 Å². The standard InChI is InChI=1S/C37H39N7O5/c1-24-19-27-21-29(10-11-32(27)49-24)40-35(42-31-9-2-3-18-44(37(31)48)23-33(45)43-16-4-5-17-43)30(22-38)34(46)25-7-6-8-26(20-25)36(47)41-28-12-14-39-15-13-28/h6-8,10-15,19-21,30-31,35,40,42H,2-5,9,16-18,23H2,1H3,(H,39,41,47)/t30?,31-,35?/m0/s1. The van der Waals surface area contributed by atoms with Crippen LogP contribution in [0.25, 0.3) is 11.0 Å². The van der Waals surface area contributed by atoms with Crippen LogP contribution < -0.4 is 16.0 Å². The van der Waals surface area contributed by atoms with Crippen molar-refractivity contribution in [2.24, 2.45) is 5.92 Å². The highest BCUT2D eigenvalue weighted by Crippen LogP contribution is 2.25. The van der Waals surface area contributed by atoms with E-state index in [9.17, 15) is 24.4 Å². The molecule has 252 valence electrons. The molecule has 0 saturated carbocycles. The molecule has 4 heterocycles. The van der Waals surface area contributed by atoms with Crippen LogP contribution in [0.5, 0.6) is 0 Å². The zero-order valence-corrected chi connectivity index (χ0v) is 27.4. The quantitative estimate of drug-likeness (QED) is 0.152. The van der Waals surface area contributed by atoms with Gasteiger partial charge in [-0.05, 0) is 87.6 Å². The number of anilines is 2. The number of hydrogen-bond donors (Lipinski definition) is 3. The first-order chi connectivity index (χ1) is 23.8. The molecular weight excluding hydrogens is 622 g/mol. The van der Waals surface area contributed by atoms with Gasteiger partial charge in [-0.25, -0.2) is 0 Å². The lowest BCUT2D eigenvalue weighted by molar-refractivity contribution is -0.140. The van der Waals surface area contributed by atoms with Gasteiger partial charge in [-0.3, -0.25) is 29.5 Å². The lowest BCUT2D eigenvalue weighted by Gasteiger charge is -2.31. The SMILES string of the molecule is Cc1cc2cc(NC(N[C@H]3CCCCN(CC(=O)N4CCCC4)C3=O)C(C#N)C(=O)c3cccc(C(=O)Nc4ccncc4)c3)ccc2o1. The Morgan fingerprint density at radius 2 is 1.71 bits per heavy atom. The van der Waals surface area contributed by atoms with Crippen molar-refractivity contribution in [3.8, 4) is 6.07 Å². The molecule has 4 aromatic rings. The zero-order chi connectivity index (χ0) is 34.3. The topological polar surface area (TPSA) is 161 Å². The molecule has 0 bridgehead atoms. The predicted octanol–water partition coefficient (Wildman–Crippen LogP) is 4.74. The van der Waals surface area contributed by atoms with Crippen LogP contribution >= 0.6 is 0 Å². The van der Waals surface area contributed by atoms with E-state index < -0.39 is 29.8 Å². The van der Waals surface area contributed by atoms with Gasteiger partial charge in [0.1, 0.15) is 23.4 Å². The third-order valence-corrected chi connectivity index (χ3v) is 9.01. The number of aromatic nitrogens is 1. The van der Waals surface area contributed by atoms with Crippen LogP contribution in [0, 0.1) is 24.2 Å². The third kappa shape index (κ3) is 7.96. The van der Waals surface area contributed by atoms with E-state index in [1.54, 1.807) is 64.7 Å². The van der Waals surface area contributed by atoms with Gasteiger partial charge in [-0.1, -0.05) is 12.1 Å². The normalized spacial score (nSPS) is 17.6. The smallest absolute Gasteiger partial charge is 0.255 e. The summed E-state index contributed by atoms with van der Waals surface area (Å²) in [5.41, 5.74) is 2.28. The highest BCUT2D eigenvalue weighted by Gasteiger charge is 2.36. The average Bonchev–Trinajstić information content (AvgIpc) is 3.75. The molecule has 2 unspecified atom stereocenters. The Kier molecular flexibility index (Phi) is 10.3. The Morgan fingerprint density at radius 1 is 0.959 bits per heavy atom. The van der Waals surface area contributed by atoms with Crippen LogP contribution in [-0.2, 0) is 9.59 Å². The molecule has 2 saturated heterocycles. The molecule has 0 aliphatic carbocycles. The number of likely N-dealkylation sites (tertiary alicyclic amines) is 2. The summed E-state index contributed by atoms with van der Waals surface area (Å²) >= 11 is 0. The van der Waals surface area contributed by atoms with Gasteiger partial charge in [0.25, 0.3) is 5.91 Å². The average molecular weight is 662 g/mol. The van der Waals surface area contributed by atoms with Crippen molar-refractivity contribution in [1.82, 2.24) is 20.1 Å². The van der Waals surface area contributed by atoms with Crippen molar-refractivity contribution in [2.45, 2.75) is 51.2 Å². The Bertz CT molecular complexity index is 1880. The summed E-state index contributed by atoms with van der Waals surface area (Å²) < 4.78 is 5.72. The van der Waals surface area contributed by atoms with Crippen molar-refractivity contribution in [1.29, 1.82) is 5.26 Å². The number of amides is 3. The Balaban J connectivity index is 1.26. The maximum atomic E-state index is 14.1. The van der Waals surface area contributed by atoms with Gasteiger partial charge >= 0.3 is 0 Å². The van der Waals surface area contributed by atoms with Gasteiger partial charge in [0.05, 0.1) is 18.7 Å². The van der Waals surface area contributed by atoms with E-state index in [2.05, 4.69) is 27.0 Å². The van der Waals surface area contributed by atoms with E-state index in [-0.39, 0.29) is 29.5 Å². The summed E-state index contributed by atoms with van der Waals surface area (Å²) in [6.07, 6.45) is 5.98. The monoisotopic (exact) mass is 661 g/mol. The van der Waals surface area contributed by atoms with Crippen molar-refractivity contribution in [2.75, 3.05) is 36.8 Å². The third-order valence-electron chi connectivity index (χ3n) is 9.01. The fourth-order valence-corrected chi connectivity index (χ4v) is 6.45. The molecule has 12 nitrogen and oxygen atoms in total. The highest BCUT2D eigenvalue weighted by atomic mass is 16.3. The fourth-order valence-electron chi connectivity index (χ4n) is 6.45. The maximum Gasteiger partial charge on any atom is 0.255 e. The number of pyridine rings is 1. The van der Waals surface area contributed by atoms with E-state index in [4.69, 9.17) is 4.42 Å². The van der Waals surface area contributed by atoms with Crippen LogP contribution in [-0.4, -0.2) is 76.7 Å². The van der Waals surface area contributed by atoms with Crippen molar-refractivity contribution in [3.05, 3.63) is 89.9 Å². The van der Waals surface area contributed by atoms with Crippen molar-refractivity contribution < 1.29 is 23.6 Å². The summed E-state index contributed by atoms with van der Waals surface area (Å²) in [6.45, 7) is 3.72. The molecule has 6 rings (SSSR count). The van der Waals surface area contributed by atoms with Crippen LogP contribution in [0.1, 0.15) is 58.6 Å². The number of fused-ring (bicyclic) bond motifs is 1. The summed E-state index contributed by atoms with van der Waals surface area (Å²) in [5, 5.41) is 20.7. The second-order valence-corrected chi connectivity index (χ2v) is 12.5. The van der Waals surface area contributed by atoms with Gasteiger partial charge in [0.2, 0.25) is 11.8 Å². The van der Waals surface area contributed by atoms with Gasteiger partial charge in [-0.2, -0.15) is 5.26 Å². The number of benzene rings is 2. The number of nitrogens with zero attached hydrogens (tertiary/aromatic N) is 4. The molecule has 0 spiro atoms. The molecule has 2 fully saturated rings.